The quantitative estimate of drug-likeness (QED) is 0.661. The Morgan fingerprint density at radius 2 is 2.36 bits per heavy atom. The highest BCUT2D eigenvalue weighted by molar-refractivity contribution is 6.27. The van der Waals surface area contributed by atoms with E-state index in [2.05, 4.69) is 5.32 Å². The molecule has 0 aromatic heterocycles. The van der Waals surface area contributed by atoms with Gasteiger partial charge >= 0.3 is 0 Å². The maximum atomic E-state index is 11.4. The number of nitrogens with one attached hydrogen (secondary N) is 1. The van der Waals surface area contributed by atoms with Crippen molar-refractivity contribution in [2.45, 2.75) is 18.9 Å². The summed E-state index contributed by atoms with van der Waals surface area (Å²) in [4.78, 5) is 27.8. The normalized spacial score (nSPS) is 21.9. The van der Waals surface area contributed by atoms with E-state index in [1.165, 1.54) is 7.05 Å². The van der Waals surface area contributed by atoms with Gasteiger partial charge in [-0.25, -0.2) is 5.06 Å². The molecule has 6 heteroatoms. The Labute approximate surface area is 87.3 Å². The van der Waals surface area contributed by atoms with Crippen LogP contribution in [0.3, 0.4) is 0 Å². The molecule has 14 heavy (non-hydrogen) atoms. The Hall–Kier alpha value is -0.810. The predicted octanol–water partition coefficient (Wildman–Crippen LogP) is -0.106. The van der Waals surface area contributed by atoms with Crippen molar-refractivity contribution in [1.82, 2.24) is 10.4 Å². The number of carbonyl (C=O) groups is 2. The monoisotopic (exact) mass is 220 g/mol. The van der Waals surface area contributed by atoms with Crippen molar-refractivity contribution in [2.24, 2.45) is 0 Å². The molecule has 1 aliphatic rings. The maximum absolute atomic E-state index is 11.4. The number of alkyl halides is 1. The van der Waals surface area contributed by atoms with Gasteiger partial charge in [-0.2, -0.15) is 0 Å². The molecule has 0 aromatic carbocycles. The highest BCUT2D eigenvalue weighted by Crippen LogP contribution is 2.15. The smallest absolute Gasteiger partial charge is 0.261 e. The van der Waals surface area contributed by atoms with E-state index in [4.69, 9.17) is 16.4 Å². The van der Waals surface area contributed by atoms with E-state index in [1.54, 1.807) is 0 Å². The number of nitrogens with zero attached hydrogens (tertiary/aromatic N) is 1. The van der Waals surface area contributed by atoms with Crippen LogP contribution in [-0.2, 0) is 14.4 Å². The average Bonchev–Trinajstić information content (AvgIpc) is 2.27. The number of hydrogen-bond acceptors (Lipinski definition) is 3. The summed E-state index contributed by atoms with van der Waals surface area (Å²) in [7, 11) is 1.53. The van der Waals surface area contributed by atoms with Gasteiger partial charge in [-0.3, -0.25) is 14.4 Å². The number of carbonyl (C=O) groups excluding carboxylic acids is 2. The average molecular weight is 221 g/mol. The minimum atomic E-state index is -0.542. The van der Waals surface area contributed by atoms with Crippen molar-refractivity contribution in [1.29, 1.82) is 0 Å². The van der Waals surface area contributed by atoms with Gasteiger partial charge in [-0.15, -0.1) is 11.6 Å². The zero-order chi connectivity index (χ0) is 10.6. The van der Waals surface area contributed by atoms with Gasteiger partial charge in [0, 0.05) is 7.05 Å². The molecule has 0 aliphatic carbocycles. The standard InChI is InChI=1S/C8H13ClN2O3/c1-10-8(13)6-3-2-4-14-11(6)7(12)5-9/h6H,2-5H2,1H3,(H,10,13). The van der Waals surface area contributed by atoms with Crippen molar-refractivity contribution < 1.29 is 14.4 Å². The largest absolute Gasteiger partial charge is 0.357 e. The van der Waals surface area contributed by atoms with Gasteiger partial charge in [0.25, 0.3) is 5.91 Å². The predicted molar refractivity (Wildman–Crippen MR) is 50.6 cm³/mol. The van der Waals surface area contributed by atoms with Crippen LogP contribution >= 0.6 is 11.6 Å². The lowest BCUT2D eigenvalue weighted by Gasteiger charge is -2.32. The second kappa shape index (κ2) is 5.17. The summed E-state index contributed by atoms with van der Waals surface area (Å²) in [6.45, 7) is 0.454. The van der Waals surface area contributed by atoms with E-state index >= 15 is 0 Å². The van der Waals surface area contributed by atoms with Crippen LogP contribution in [0.1, 0.15) is 12.8 Å². The molecular weight excluding hydrogens is 208 g/mol. The molecular formula is C8H13ClN2O3. The molecule has 1 atom stereocenters. The summed E-state index contributed by atoms with van der Waals surface area (Å²) in [5.74, 6) is -0.767. The van der Waals surface area contributed by atoms with Crippen LogP contribution in [0, 0.1) is 0 Å². The van der Waals surface area contributed by atoms with E-state index in [1.807, 2.05) is 0 Å². The van der Waals surface area contributed by atoms with Gasteiger partial charge in [0.05, 0.1) is 6.61 Å². The summed E-state index contributed by atoms with van der Waals surface area (Å²) in [5, 5.41) is 3.57. The molecule has 1 aliphatic heterocycles. The molecule has 80 valence electrons. The first-order valence-corrected chi connectivity index (χ1v) is 4.96. The molecule has 5 nitrogen and oxygen atoms in total. The van der Waals surface area contributed by atoms with Crippen molar-refractivity contribution in [3.8, 4) is 0 Å². The van der Waals surface area contributed by atoms with Crippen LogP contribution in [0.4, 0.5) is 0 Å². The summed E-state index contributed by atoms with van der Waals surface area (Å²) >= 11 is 5.40. The molecule has 1 heterocycles. The van der Waals surface area contributed by atoms with Gasteiger partial charge < -0.3 is 5.32 Å². The third-order valence-electron chi connectivity index (χ3n) is 2.04. The highest BCUT2D eigenvalue weighted by Gasteiger charge is 2.32. The van der Waals surface area contributed by atoms with Crippen LogP contribution in [0.2, 0.25) is 0 Å². The maximum Gasteiger partial charge on any atom is 0.261 e. The third-order valence-corrected chi connectivity index (χ3v) is 2.27. The Morgan fingerprint density at radius 1 is 1.64 bits per heavy atom. The number of likely N-dealkylation sites (N-methyl/N-ethyl adjacent to an activating group) is 1. The van der Waals surface area contributed by atoms with Crippen molar-refractivity contribution in [2.75, 3.05) is 19.5 Å². The fraction of sp³-hybridized carbons (Fsp3) is 0.750. The molecule has 1 saturated heterocycles. The first-order chi connectivity index (χ1) is 6.70. The lowest BCUT2D eigenvalue weighted by molar-refractivity contribution is -0.212. The van der Waals surface area contributed by atoms with Crippen molar-refractivity contribution in [3.05, 3.63) is 0 Å². The van der Waals surface area contributed by atoms with Gasteiger partial charge in [0.1, 0.15) is 11.9 Å². The SMILES string of the molecule is CNC(=O)C1CCCON1C(=O)CCl. The Bertz CT molecular complexity index is 211. The van der Waals surface area contributed by atoms with E-state index in [0.717, 1.165) is 11.5 Å². The minimum absolute atomic E-state index is 0.173. The topological polar surface area (TPSA) is 58.6 Å². The lowest BCUT2D eigenvalue weighted by Crippen LogP contribution is -2.51. The third kappa shape index (κ3) is 2.36. The number of hydroxylamine groups is 2. The molecule has 1 unspecified atom stereocenters. The van der Waals surface area contributed by atoms with Crippen LogP contribution in [0.5, 0.6) is 0 Å². The summed E-state index contributed by atoms with van der Waals surface area (Å²) in [6.07, 6.45) is 1.38. The summed E-state index contributed by atoms with van der Waals surface area (Å²) < 4.78 is 0. The Morgan fingerprint density at radius 3 is 2.93 bits per heavy atom. The molecule has 0 bridgehead atoms. The number of rotatable bonds is 2. The molecule has 0 radical (unpaired) electrons. The Balaban J connectivity index is 2.68. The molecule has 1 N–H and O–H groups in total. The van der Waals surface area contributed by atoms with Crippen molar-refractivity contribution in [3.63, 3.8) is 0 Å². The molecule has 2 amide bonds. The number of amides is 2. The zero-order valence-electron chi connectivity index (χ0n) is 7.96. The number of hydrogen-bond donors (Lipinski definition) is 1. The molecule has 1 fully saturated rings. The van der Waals surface area contributed by atoms with Crippen molar-refractivity contribution >= 4 is 23.4 Å². The van der Waals surface area contributed by atoms with Crippen LogP contribution in [-0.4, -0.2) is 42.5 Å². The van der Waals surface area contributed by atoms with Crippen LogP contribution in [0.15, 0.2) is 0 Å². The minimum Gasteiger partial charge on any atom is -0.357 e. The molecule has 0 saturated carbocycles. The first kappa shape index (κ1) is 11.3. The van der Waals surface area contributed by atoms with Gasteiger partial charge in [-0.1, -0.05) is 0 Å². The van der Waals surface area contributed by atoms with E-state index in [0.29, 0.717) is 13.0 Å². The second-order valence-electron chi connectivity index (χ2n) is 2.96. The fourth-order valence-electron chi connectivity index (χ4n) is 1.36. The number of halogens is 1. The molecule has 1 rings (SSSR count). The Kier molecular flexibility index (Phi) is 4.16. The van der Waals surface area contributed by atoms with E-state index in [9.17, 15) is 9.59 Å². The second-order valence-corrected chi connectivity index (χ2v) is 3.23. The molecule has 0 aromatic rings. The fourth-order valence-corrected chi connectivity index (χ4v) is 1.47. The van der Waals surface area contributed by atoms with Crippen LogP contribution < -0.4 is 5.32 Å². The summed E-state index contributed by atoms with van der Waals surface area (Å²) in [5.41, 5.74) is 0. The van der Waals surface area contributed by atoms with Gasteiger partial charge in [0.15, 0.2) is 0 Å². The highest BCUT2D eigenvalue weighted by atomic mass is 35.5. The summed E-state index contributed by atoms with van der Waals surface area (Å²) in [6, 6.07) is -0.542. The first-order valence-electron chi connectivity index (χ1n) is 4.43. The lowest BCUT2D eigenvalue weighted by atomic mass is 10.1. The molecule has 0 spiro atoms. The van der Waals surface area contributed by atoms with Gasteiger partial charge in [0.2, 0.25) is 5.91 Å². The van der Waals surface area contributed by atoms with E-state index < -0.39 is 6.04 Å². The van der Waals surface area contributed by atoms with E-state index in [-0.39, 0.29) is 17.7 Å². The van der Waals surface area contributed by atoms with Gasteiger partial charge in [-0.05, 0) is 12.8 Å². The van der Waals surface area contributed by atoms with Crippen LogP contribution in [0.25, 0.3) is 0 Å². The zero-order valence-corrected chi connectivity index (χ0v) is 8.71.